The van der Waals surface area contributed by atoms with Crippen molar-refractivity contribution in [2.24, 2.45) is 0 Å². The molecule has 0 radical (unpaired) electrons. The first kappa shape index (κ1) is 26.5. The minimum Gasteiger partial charge on any atom is -0.455 e. The minimum atomic E-state index is -0.654. The third-order valence-corrected chi connectivity index (χ3v) is 6.03. The Bertz CT molecular complexity index is 1160. The zero-order valence-corrected chi connectivity index (χ0v) is 21.5. The number of hydrogen-bond donors (Lipinski definition) is 1. The van der Waals surface area contributed by atoms with Gasteiger partial charge in [-0.2, -0.15) is 8.96 Å². The molecule has 3 heterocycles. The molecule has 2 aliphatic rings. The summed E-state index contributed by atoms with van der Waals surface area (Å²) in [6, 6.07) is 8.26. The van der Waals surface area contributed by atoms with Gasteiger partial charge in [-0.25, -0.2) is 9.59 Å². The highest BCUT2D eigenvalue weighted by molar-refractivity contribution is 5.75. The molecule has 1 aromatic carbocycles. The van der Waals surface area contributed by atoms with Gasteiger partial charge in [-0.3, -0.25) is 4.79 Å². The van der Waals surface area contributed by atoms with Crippen molar-refractivity contribution in [3.63, 3.8) is 0 Å². The van der Waals surface area contributed by atoms with Crippen LogP contribution >= 0.6 is 0 Å². The number of nitrogens with one attached hydrogen (secondary N) is 1. The Morgan fingerprint density at radius 2 is 1.89 bits per heavy atom. The average Bonchev–Trinajstić information content (AvgIpc) is 3.56. The Kier molecular flexibility index (Phi) is 7.77. The maximum absolute atomic E-state index is 15.1. The molecule has 37 heavy (non-hydrogen) atoms. The van der Waals surface area contributed by atoms with Gasteiger partial charge >= 0.3 is 12.1 Å². The Labute approximate surface area is 215 Å². The topological polar surface area (TPSA) is 101 Å². The first-order valence-electron chi connectivity index (χ1n) is 12.3. The predicted molar refractivity (Wildman–Crippen MR) is 131 cm³/mol. The van der Waals surface area contributed by atoms with Crippen LogP contribution in [0.1, 0.15) is 45.7 Å². The van der Waals surface area contributed by atoms with E-state index in [0.29, 0.717) is 37.2 Å². The fourth-order valence-electron chi connectivity index (χ4n) is 4.13. The van der Waals surface area contributed by atoms with Crippen LogP contribution in [-0.4, -0.2) is 60.4 Å². The first-order valence-corrected chi connectivity index (χ1v) is 12.3. The number of hydrogen-bond acceptors (Lipinski definition) is 6. The SMILES string of the molecule is CC(=O)NC[C@H]1CC([n+]2ccc(-c3ccc(CN(C[C@H]4CO4)C(=O)OC(C)(C)C)cc3)c(F)c2)C(=O)O1. The van der Waals surface area contributed by atoms with E-state index >= 15 is 4.39 Å². The summed E-state index contributed by atoms with van der Waals surface area (Å²) < 4.78 is 32.7. The van der Waals surface area contributed by atoms with Gasteiger partial charge in [0.1, 0.15) is 11.7 Å². The molecule has 0 bridgehead atoms. The minimum absolute atomic E-state index is 0.0229. The summed E-state index contributed by atoms with van der Waals surface area (Å²) in [4.78, 5) is 37.7. The van der Waals surface area contributed by atoms with Crippen molar-refractivity contribution >= 4 is 18.0 Å². The van der Waals surface area contributed by atoms with Crippen molar-refractivity contribution in [2.45, 2.75) is 64.5 Å². The van der Waals surface area contributed by atoms with E-state index in [4.69, 9.17) is 14.2 Å². The first-order chi connectivity index (χ1) is 17.5. The van der Waals surface area contributed by atoms with Crippen LogP contribution in [0.25, 0.3) is 11.1 Å². The Morgan fingerprint density at radius 1 is 1.19 bits per heavy atom. The second kappa shape index (κ2) is 10.8. The molecule has 2 aromatic rings. The molecule has 10 heteroatoms. The molecule has 2 fully saturated rings. The number of ether oxygens (including phenoxy) is 3. The summed E-state index contributed by atoms with van der Waals surface area (Å²) in [5.74, 6) is -1.14. The number of esters is 1. The molecule has 2 saturated heterocycles. The number of aromatic nitrogens is 1. The van der Waals surface area contributed by atoms with Crippen LogP contribution in [0.4, 0.5) is 9.18 Å². The number of carbonyl (C=O) groups is 3. The van der Waals surface area contributed by atoms with E-state index in [2.05, 4.69) is 5.32 Å². The molecule has 2 amide bonds. The van der Waals surface area contributed by atoms with Crippen LogP contribution in [-0.2, 0) is 30.3 Å². The molecule has 2 aliphatic heterocycles. The van der Waals surface area contributed by atoms with Crippen LogP contribution in [0.15, 0.2) is 42.7 Å². The standard InChI is InChI=1S/C27H32FN3O6/c1-17(32)29-12-20-11-24(25(33)36-20)30-10-9-22(23(28)15-30)19-7-5-18(6-8-19)13-31(14-21-16-35-21)26(34)37-27(2,3)4/h5-10,15,20-21,24H,11-14,16H2,1-4H3/p+1/t20-,21+,24?/m1/s1. The number of nitrogens with zero attached hydrogens (tertiary/aromatic N) is 2. The summed E-state index contributed by atoms with van der Waals surface area (Å²) in [6.45, 7) is 8.50. The molecule has 9 nitrogen and oxygen atoms in total. The van der Waals surface area contributed by atoms with Gasteiger partial charge in [0.2, 0.25) is 12.1 Å². The fourth-order valence-corrected chi connectivity index (χ4v) is 4.13. The number of halogens is 1. The van der Waals surface area contributed by atoms with Crippen LogP contribution < -0.4 is 9.88 Å². The van der Waals surface area contributed by atoms with Gasteiger partial charge in [-0.15, -0.1) is 0 Å². The molecule has 1 aromatic heterocycles. The van der Waals surface area contributed by atoms with Gasteiger partial charge in [0, 0.05) is 25.1 Å². The normalized spacial score (nSPS) is 20.8. The lowest BCUT2D eigenvalue weighted by atomic mass is 10.0. The van der Waals surface area contributed by atoms with Crippen molar-refractivity contribution in [1.29, 1.82) is 0 Å². The van der Waals surface area contributed by atoms with Crippen molar-refractivity contribution in [1.82, 2.24) is 10.2 Å². The highest BCUT2D eigenvalue weighted by atomic mass is 19.1. The van der Waals surface area contributed by atoms with E-state index in [9.17, 15) is 14.4 Å². The van der Waals surface area contributed by atoms with E-state index in [-0.39, 0.29) is 18.6 Å². The van der Waals surface area contributed by atoms with E-state index in [0.717, 1.165) is 5.56 Å². The molecule has 0 saturated carbocycles. The fraction of sp³-hybridized carbons (Fsp3) is 0.481. The lowest BCUT2D eigenvalue weighted by Crippen LogP contribution is -2.42. The predicted octanol–water partition coefficient (Wildman–Crippen LogP) is 2.91. The Hall–Kier alpha value is -3.53. The molecular formula is C27H33FN3O6+. The Balaban J connectivity index is 1.43. The summed E-state index contributed by atoms with van der Waals surface area (Å²) in [5.41, 5.74) is 1.33. The molecule has 0 aliphatic carbocycles. The maximum Gasteiger partial charge on any atom is 0.410 e. The number of benzene rings is 1. The third-order valence-electron chi connectivity index (χ3n) is 6.03. The molecular weight excluding hydrogens is 481 g/mol. The maximum atomic E-state index is 15.1. The number of pyridine rings is 1. The quantitative estimate of drug-likeness (QED) is 0.330. The summed E-state index contributed by atoms with van der Waals surface area (Å²) in [6.07, 6.45) is 2.45. The highest BCUT2D eigenvalue weighted by Gasteiger charge is 2.41. The molecule has 3 atom stereocenters. The van der Waals surface area contributed by atoms with Gasteiger partial charge in [0.05, 0.1) is 32.2 Å². The lowest BCUT2D eigenvalue weighted by Gasteiger charge is -2.27. The molecule has 4 rings (SSSR count). The van der Waals surface area contributed by atoms with E-state index in [1.165, 1.54) is 17.7 Å². The molecule has 1 unspecified atom stereocenters. The van der Waals surface area contributed by atoms with Gasteiger partial charge in [-0.05, 0) is 31.9 Å². The summed E-state index contributed by atoms with van der Waals surface area (Å²) in [7, 11) is 0. The van der Waals surface area contributed by atoms with E-state index in [1.54, 1.807) is 29.3 Å². The van der Waals surface area contributed by atoms with Crippen molar-refractivity contribution < 1.29 is 37.6 Å². The zero-order chi connectivity index (χ0) is 26.7. The van der Waals surface area contributed by atoms with Gasteiger partial charge in [-0.1, -0.05) is 24.3 Å². The van der Waals surface area contributed by atoms with Crippen LogP contribution in [0.3, 0.4) is 0 Å². The van der Waals surface area contributed by atoms with Crippen molar-refractivity contribution in [2.75, 3.05) is 19.7 Å². The number of carbonyl (C=O) groups excluding carboxylic acids is 3. The second-order valence-corrected chi connectivity index (χ2v) is 10.4. The van der Waals surface area contributed by atoms with Crippen LogP contribution in [0.5, 0.6) is 0 Å². The number of epoxide rings is 1. The van der Waals surface area contributed by atoms with E-state index < -0.39 is 35.6 Å². The van der Waals surface area contributed by atoms with E-state index in [1.807, 2.05) is 32.9 Å². The van der Waals surface area contributed by atoms with Gasteiger partial charge in [0.15, 0.2) is 12.0 Å². The van der Waals surface area contributed by atoms with Gasteiger partial charge in [0.25, 0.3) is 6.04 Å². The summed E-state index contributed by atoms with van der Waals surface area (Å²) >= 11 is 0. The monoisotopic (exact) mass is 514 g/mol. The largest absolute Gasteiger partial charge is 0.455 e. The Morgan fingerprint density at radius 3 is 2.49 bits per heavy atom. The zero-order valence-electron chi connectivity index (χ0n) is 21.5. The molecule has 0 spiro atoms. The molecule has 198 valence electrons. The third kappa shape index (κ3) is 7.25. The number of rotatable bonds is 8. The molecule has 1 N–H and O–H groups in total. The highest BCUT2D eigenvalue weighted by Crippen LogP contribution is 2.26. The van der Waals surface area contributed by atoms with Crippen LogP contribution in [0, 0.1) is 5.82 Å². The lowest BCUT2D eigenvalue weighted by molar-refractivity contribution is -0.709. The van der Waals surface area contributed by atoms with Gasteiger partial charge < -0.3 is 24.4 Å². The van der Waals surface area contributed by atoms with Crippen molar-refractivity contribution in [3.05, 3.63) is 54.1 Å². The second-order valence-electron chi connectivity index (χ2n) is 10.4. The van der Waals surface area contributed by atoms with Crippen molar-refractivity contribution in [3.8, 4) is 11.1 Å². The number of amides is 2. The number of cyclic esters (lactones) is 1. The summed E-state index contributed by atoms with van der Waals surface area (Å²) in [5, 5.41) is 2.63. The average molecular weight is 515 g/mol. The van der Waals surface area contributed by atoms with Crippen LogP contribution in [0.2, 0.25) is 0 Å². The smallest absolute Gasteiger partial charge is 0.410 e.